The zero-order valence-corrected chi connectivity index (χ0v) is 14.5. The lowest BCUT2D eigenvalue weighted by Gasteiger charge is -2.35. The Kier molecular flexibility index (Phi) is 4.86. The lowest BCUT2D eigenvalue weighted by molar-refractivity contribution is 0.0644. The normalized spacial score (nSPS) is 17.0. The van der Waals surface area contributed by atoms with Gasteiger partial charge in [-0.05, 0) is 43.8 Å². The van der Waals surface area contributed by atoms with Gasteiger partial charge in [-0.3, -0.25) is 9.69 Å². The fraction of sp³-hybridized carbons (Fsp3) is 0.350. The summed E-state index contributed by atoms with van der Waals surface area (Å²) in [7, 11) is 2.06. The van der Waals surface area contributed by atoms with Crippen molar-refractivity contribution in [2.75, 3.05) is 20.1 Å². The molecule has 3 rings (SSSR count). The first-order chi connectivity index (χ1) is 11.6. The number of hydrogen-bond acceptors (Lipinski definition) is 2. The van der Waals surface area contributed by atoms with Gasteiger partial charge in [0.1, 0.15) is 0 Å². The highest BCUT2D eigenvalue weighted by molar-refractivity contribution is 5.94. The molecule has 1 aliphatic heterocycles. The maximum Gasteiger partial charge on any atom is 0.254 e. The van der Waals surface area contributed by atoms with Crippen LogP contribution in [0.5, 0.6) is 0 Å². The number of fused-ring (bicyclic) bond motifs is 1. The van der Waals surface area contributed by atoms with E-state index in [9.17, 15) is 4.79 Å². The van der Waals surface area contributed by atoms with Crippen LogP contribution in [0, 0.1) is 0 Å². The highest BCUT2D eigenvalue weighted by Crippen LogP contribution is 2.26. The van der Waals surface area contributed by atoms with Gasteiger partial charge in [-0.1, -0.05) is 18.2 Å². The van der Waals surface area contributed by atoms with Crippen molar-refractivity contribution in [2.45, 2.75) is 26.1 Å². The minimum absolute atomic E-state index is 0.111. The maximum absolute atomic E-state index is 12.9. The minimum atomic E-state index is 0.111. The Balaban J connectivity index is 1.70. The third kappa shape index (κ3) is 3.29. The first kappa shape index (κ1) is 16.5. The number of likely N-dealkylation sites (N-methyl/N-ethyl adjacent to an activating group) is 1. The van der Waals surface area contributed by atoms with E-state index < -0.39 is 0 Å². The van der Waals surface area contributed by atoms with Crippen molar-refractivity contribution in [1.82, 2.24) is 14.4 Å². The first-order valence-electron chi connectivity index (χ1n) is 8.44. The Morgan fingerprint density at radius 2 is 2.04 bits per heavy atom. The topological polar surface area (TPSA) is 28.5 Å². The van der Waals surface area contributed by atoms with Crippen LogP contribution in [0.3, 0.4) is 0 Å². The van der Waals surface area contributed by atoms with Crippen LogP contribution in [-0.2, 0) is 13.1 Å². The third-order valence-electron chi connectivity index (χ3n) is 4.70. The van der Waals surface area contributed by atoms with Crippen LogP contribution in [0.1, 0.15) is 34.6 Å². The van der Waals surface area contributed by atoms with E-state index in [4.69, 9.17) is 0 Å². The lowest BCUT2D eigenvalue weighted by atomic mass is 10.1. The number of amides is 1. The molecule has 0 saturated carbocycles. The molecule has 1 aromatic carbocycles. The molecule has 4 heteroatoms. The molecule has 24 heavy (non-hydrogen) atoms. The molecule has 0 N–H and O–H groups in total. The van der Waals surface area contributed by atoms with Gasteiger partial charge in [0, 0.05) is 43.6 Å². The summed E-state index contributed by atoms with van der Waals surface area (Å²) in [5, 5.41) is 0. The van der Waals surface area contributed by atoms with E-state index >= 15 is 0 Å². The zero-order chi connectivity index (χ0) is 17.1. The maximum atomic E-state index is 12.9. The fourth-order valence-corrected chi connectivity index (χ4v) is 3.37. The molecule has 0 fully saturated rings. The molecule has 1 aromatic heterocycles. The molecule has 0 aliphatic carbocycles. The summed E-state index contributed by atoms with van der Waals surface area (Å²) in [6.45, 7) is 9.18. The number of aromatic nitrogens is 1. The second-order valence-corrected chi connectivity index (χ2v) is 6.48. The first-order valence-corrected chi connectivity index (χ1v) is 8.44. The van der Waals surface area contributed by atoms with Crippen LogP contribution in [0.2, 0.25) is 0 Å². The summed E-state index contributed by atoms with van der Waals surface area (Å²) in [6.07, 6.45) is 3.98. The van der Waals surface area contributed by atoms with Crippen molar-refractivity contribution in [3.05, 3.63) is 72.1 Å². The molecule has 1 aliphatic rings. The molecule has 0 bridgehead atoms. The van der Waals surface area contributed by atoms with Crippen LogP contribution in [0.15, 0.2) is 55.3 Å². The van der Waals surface area contributed by atoms with Gasteiger partial charge in [0.05, 0.1) is 6.04 Å². The molecule has 2 heterocycles. The van der Waals surface area contributed by atoms with Gasteiger partial charge < -0.3 is 9.47 Å². The van der Waals surface area contributed by atoms with Gasteiger partial charge in [0.15, 0.2) is 0 Å². The van der Waals surface area contributed by atoms with Gasteiger partial charge >= 0.3 is 0 Å². The second kappa shape index (κ2) is 7.05. The Bertz CT molecular complexity index is 717. The lowest BCUT2D eigenvalue weighted by Crippen LogP contribution is -2.40. The number of nitrogens with zero attached hydrogens (tertiary/aromatic N) is 3. The van der Waals surface area contributed by atoms with Crippen molar-refractivity contribution in [1.29, 1.82) is 0 Å². The Morgan fingerprint density at radius 3 is 2.75 bits per heavy atom. The minimum Gasteiger partial charge on any atom is -0.348 e. The van der Waals surface area contributed by atoms with Gasteiger partial charge in [0.25, 0.3) is 5.91 Å². The van der Waals surface area contributed by atoms with Gasteiger partial charge in [-0.15, -0.1) is 6.58 Å². The van der Waals surface area contributed by atoms with Crippen LogP contribution in [0.25, 0.3) is 0 Å². The van der Waals surface area contributed by atoms with E-state index in [0.717, 1.165) is 31.7 Å². The molecular weight excluding hydrogens is 298 g/mol. The molecule has 1 amide bonds. The van der Waals surface area contributed by atoms with Crippen molar-refractivity contribution in [3.63, 3.8) is 0 Å². The van der Waals surface area contributed by atoms with Crippen LogP contribution >= 0.6 is 0 Å². The molecule has 126 valence electrons. The summed E-state index contributed by atoms with van der Waals surface area (Å²) in [4.78, 5) is 17.0. The molecule has 2 aromatic rings. The van der Waals surface area contributed by atoms with Gasteiger partial charge in [-0.2, -0.15) is 0 Å². The third-order valence-corrected chi connectivity index (χ3v) is 4.70. The average Bonchev–Trinajstić information content (AvgIpc) is 3.05. The summed E-state index contributed by atoms with van der Waals surface area (Å²) >= 11 is 0. The van der Waals surface area contributed by atoms with E-state index in [2.05, 4.69) is 42.3 Å². The van der Waals surface area contributed by atoms with E-state index in [-0.39, 0.29) is 11.9 Å². The summed E-state index contributed by atoms with van der Waals surface area (Å²) in [5.74, 6) is 0.112. The Morgan fingerprint density at radius 1 is 1.29 bits per heavy atom. The number of rotatable bonds is 5. The standard InChI is InChI=1S/C20H25N3O/c1-4-11-21(3)15-17-7-9-18(10-8-17)20(24)23-14-13-22-12-5-6-19(22)16(23)2/h4-10,12,16H,1,11,13-15H2,2-3H3/t16-/m1/s1. The number of carbonyl (C=O) groups excluding carboxylic acids is 1. The van der Waals surface area contributed by atoms with E-state index in [0.29, 0.717) is 0 Å². The number of benzene rings is 1. The highest BCUT2D eigenvalue weighted by atomic mass is 16.2. The number of hydrogen-bond donors (Lipinski definition) is 0. The summed E-state index contributed by atoms with van der Waals surface area (Å²) in [5.41, 5.74) is 3.17. The van der Waals surface area contributed by atoms with Crippen molar-refractivity contribution >= 4 is 5.91 Å². The molecule has 4 nitrogen and oxygen atoms in total. The Labute approximate surface area is 144 Å². The van der Waals surface area contributed by atoms with Crippen molar-refractivity contribution < 1.29 is 4.79 Å². The average molecular weight is 323 g/mol. The van der Waals surface area contributed by atoms with Crippen molar-refractivity contribution in [3.8, 4) is 0 Å². The quantitative estimate of drug-likeness (QED) is 0.790. The van der Waals surface area contributed by atoms with Gasteiger partial charge in [0.2, 0.25) is 0 Å². The van der Waals surface area contributed by atoms with Crippen molar-refractivity contribution in [2.24, 2.45) is 0 Å². The van der Waals surface area contributed by atoms with E-state index in [1.54, 1.807) is 0 Å². The second-order valence-electron chi connectivity index (χ2n) is 6.48. The molecule has 0 radical (unpaired) electrons. The smallest absolute Gasteiger partial charge is 0.254 e. The van der Waals surface area contributed by atoms with Crippen LogP contribution in [-0.4, -0.2) is 40.4 Å². The molecule has 0 spiro atoms. The molecular formula is C20H25N3O. The van der Waals surface area contributed by atoms with Crippen LogP contribution in [0.4, 0.5) is 0 Å². The van der Waals surface area contributed by atoms with E-state index in [1.165, 1.54) is 11.3 Å². The predicted octanol–water partition coefficient (Wildman–Crippen LogP) is 3.32. The van der Waals surface area contributed by atoms with E-state index in [1.807, 2.05) is 41.3 Å². The fourth-order valence-electron chi connectivity index (χ4n) is 3.37. The summed E-state index contributed by atoms with van der Waals surface area (Å²) in [6, 6.07) is 12.2. The highest BCUT2D eigenvalue weighted by Gasteiger charge is 2.27. The molecule has 1 atom stereocenters. The largest absolute Gasteiger partial charge is 0.348 e. The Hall–Kier alpha value is -2.33. The predicted molar refractivity (Wildman–Crippen MR) is 96.9 cm³/mol. The number of carbonyl (C=O) groups is 1. The zero-order valence-electron chi connectivity index (χ0n) is 14.5. The SMILES string of the molecule is C=CCN(C)Cc1ccc(C(=O)N2CCn3cccc3[C@H]2C)cc1. The van der Waals surface area contributed by atoms with Gasteiger partial charge in [-0.25, -0.2) is 0 Å². The summed E-state index contributed by atoms with van der Waals surface area (Å²) < 4.78 is 2.23. The van der Waals surface area contributed by atoms with Crippen LogP contribution < -0.4 is 0 Å². The molecule has 0 saturated heterocycles. The molecule has 0 unspecified atom stereocenters. The monoisotopic (exact) mass is 323 g/mol.